The summed E-state index contributed by atoms with van der Waals surface area (Å²) in [5.74, 6) is -24.6. The second-order valence-electron chi connectivity index (χ2n) is 16.0. The van der Waals surface area contributed by atoms with Crippen LogP contribution in [0.4, 0.5) is 26.3 Å². The summed E-state index contributed by atoms with van der Waals surface area (Å²) in [6, 6.07) is 1.51. The van der Waals surface area contributed by atoms with Crippen LogP contribution in [0, 0.1) is 23.2 Å². The molecular formula is C39H48F6N6O15. The molecule has 66 heavy (non-hydrogen) atoms. The fourth-order valence-corrected chi connectivity index (χ4v) is 7.56. The van der Waals surface area contributed by atoms with Crippen LogP contribution in [0.3, 0.4) is 0 Å². The minimum absolute atomic E-state index is 0.0387. The lowest BCUT2D eigenvalue weighted by Gasteiger charge is -2.50. The number of aliphatic hydroxyl groups excluding tert-OH is 5. The molecule has 0 spiro atoms. The van der Waals surface area contributed by atoms with Crippen LogP contribution in [-0.2, 0) is 40.0 Å². The SMILES string of the molecule is CC(F)(F)C(=O)N[C@H]1[C@H]([C@H](O)[C@H](O)CO)OC(F)(C(=O)O)C(F)[C@@H]1n1cc2ccccc2c1C#N.COCc1cn(C2[C@@H](CC(=O)C(C)C)[C@@](O)(C[C@H](O)CO)O[C@@](F)(C(=O)O)[C@H]2F)nn1. The number of carbonyl (C=O) groups excluding carboxylic acids is 2. The number of Topliss-reactive ketones (excluding diaryl/α,β-unsaturated/α-hetero) is 1. The maximum Gasteiger partial charge on any atom is 0.373 e. The summed E-state index contributed by atoms with van der Waals surface area (Å²) >= 11 is 0. The van der Waals surface area contributed by atoms with E-state index in [1.807, 2.05) is 0 Å². The summed E-state index contributed by atoms with van der Waals surface area (Å²) in [7, 11) is 1.36. The molecule has 0 saturated carbocycles. The molecule has 4 heterocycles. The number of nitrogens with zero attached hydrogens (tertiary/aromatic N) is 5. The molecule has 3 aromatic rings. The average Bonchev–Trinajstić information content (AvgIpc) is 3.87. The Morgan fingerprint density at radius 2 is 1.61 bits per heavy atom. The van der Waals surface area contributed by atoms with E-state index in [0.717, 1.165) is 15.4 Å². The van der Waals surface area contributed by atoms with Crippen molar-refractivity contribution in [3.63, 3.8) is 0 Å². The average molecular weight is 955 g/mol. The third-order valence-corrected chi connectivity index (χ3v) is 11.0. The van der Waals surface area contributed by atoms with E-state index in [1.165, 1.54) is 31.5 Å². The molecule has 366 valence electrons. The second-order valence-corrected chi connectivity index (χ2v) is 16.0. The fraction of sp³-hybridized carbons (Fsp3) is 0.615. The molecule has 27 heteroatoms. The highest BCUT2D eigenvalue weighted by atomic mass is 19.3. The molecule has 2 aliphatic rings. The van der Waals surface area contributed by atoms with Crippen LogP contribution in [0.1, 0.15) is 57.1 Å². The first-order chi connectivity index (χ1) is 30.7. The number of rotatable bonds is 17. The van der Waals surface area contributed by atoms with Gasteiger partial charge in [-0.3, -0.25) is 9.59 Å². The van der Waals surface area contributed by atoms with Crippen LogP contribution in [0.25, 0.3) is 10.8 Å². The minimum atomic E-state index is -4.20. The Balaban J connectivity index is 0.000000291. The third-order valence-electron chi connectivity index (χ3n) is 11.0. The van der Waals surface area contributed by atoms with Gasteiger partial charge in [0.2, 0.25) is 0 Å². The Morgan fingerprint density at radius 1 is 1.00 bits per heavy atom. The first-order valence-electron chi connectivity index (χ1n) is 19.8. The molecule has 2 aliphatic heterocycles. The zero-order chi connectivity index (χ0) is 49.9. The molecule has 13 atom stereocenters. The van der Waals surface area contributed by atoms with Gasteiger partial charge < -0.3 is 64.9 Å². The number of amides is 1. The van der Waals surface area contributed by atoms with Gasteiger partial charge in [0.25, 0.3) is 5.91 Å². The maximum absolute atomic E-state index is 15.7. The van der Waals surface area contributed by atoms with Crippen molar-refractivity contribution in [2.75, 3.05) is 20.3 Å². The number of aliphatic hydroxyl groups is 6. The van der Waals surface area contributed by atoms with Crippen molar-refractivity contribution in [3.8, 4) is 6.07 Å². The first-order valence-corrected chi connectivity index (χ1v) is 19.8. The van der Waals surface area contributed by atoms with Crippen LogP contribution >= 0.6 is 0 Å². The smallest absolute Gasteiger partial charge is 0.373 e. The Kier molecular flexibility index (Phi) is 16.7. The molecule has 1 aromatic carbocycles. The highest BCUT2D eigenvalue weighted by Gasteiger charge is 2.68. The van der Waals surface area contributed by atoms with Crippen molar-refractivity contribution >= 4 is 34.4 Å². The van der Waals surface area contributed by atoms with E-state index in [-0.39, 0.29) is 30.3 Å². The minimum Gasteiger partial charge on any atom is -0.477 e. The van der Waals surface area contributed by atoms with Gasteiger partial charge in [0.1, 0.15) is 41.6 Å². The number of hydrogen-bond acceptors (Lipinski definition) is 16. The Morgan fingerprint density at radius 3 is 2.14 bits per heavy atom. The summed E-state index contributed by atoms with van der Waals surface area (Å²) < 4.78 is 105. The highest BCUT2D eigenvalue weighted by Crippen LogP contribution is 2.51. The Labute approximate surface area is 369 Å². The number of carboxylic acid groups (broad SMARTS) is 2. The lowest BCUT2D eigenvalue weighted by atomic mass is 9.76. The van der Waals surface area contributed by atoms with E-state index < -0.39 is 140 Å². The molecule has 2 fully saturated rings. The van der Waals surface area contributed by atoms with E-state index in [9.17, 15) is 69.0 Å². The zero-order valence-corrected chi connectivity index (χ0v) is 35.3. The van der Waals surface area contributed by atoms with Crippen LogP contribution in [0.15, 0.2) is 36.7 Å². The number of aromatic nitrogens is 4. The number of ether oxygens (including phenoxy) is 3. The van der Waals surface area contributed by atoms with Crippen LogP contribution in [0.2, 0.25) is 0 Å². The Hall–Kier alpha value is -5.31. The molecule has 1 amide bonds. The van der Waals surface area contributed by atoms with E-state index in [0.29, 0.717) is 5.39 Å². The summed E-state index contributed by atoms with van der Waals surface area (Å²) in [5, 5.41) is 97.7. The van der Waals surface area contributed by atoms with Crippen LogP contribution in [0.5, 0.6) is 0 Å². The monoisotopic (exact) mass is 954 g/mol. The van der Waals surface area contributed by atoms with Crippen LogP contribution in [-0.4, -0.2) is 171 Å². The van der Waals surface area contributed by atoms with Gasteiger partial charge in [-0.1, -0.05) is 43.3 Å². The predicted molar refractivity (Wildman–Crippen MR) is 206 cm³/mol. The summed E-state index contributed by atoms with van der Waals surface area (Å²) in [6.45, 7) is 1.22. The number of halogens is 6. The van der Waals surface area contributed by atoms with Gasteiger partial charge >= 0.3 is 29.6 Å². The van der Waals surface area contributed by atoms with Crippen LogP contribution < -0.4 is 5.32 Å². The normalized spacial score (nSPS) is 30.4. The van der Waals surface area contributed by atoms with Gasteiger partial charge in [0.05, 0.1) is 50.2 Å². The molecule has 2 saturated heterocycles. The fourth-order valence-electron chi connectivity index (χ4n) is 7.56. The van der Waals surface area contributed by atoms with E-state index >= 15 is 17.6 Å². The quantitative estimate of drug-likeness (QED) is 0.0813. The molecule has 9 N–H and O–H groups in total. The van der Waals surface area contributed by atoms with Crippen molar-refractivity contribution < 1.29 is 101 Å². The van der Waals surface area contributed by atoms with Gasteiger partial charge in [-0.25, -0.2) is 23.1 Å². The van der Waals surface area contributed by atoms with Crippen molar-refractivity contribution in [2.45, 2.75) is 119 Å². The topological polar surface area (TPSA) is 329 Å². The van der Waals surface area contributed by atoms with E-state index in [4.69, 9.17) is 14.6 Å². The van der Waals surface area contributed by atoms with Crippen molar-refractivity contribution in [1.29, 1.82) is 5.26 Å². The van der Waals surface area contributed by atoms with Crippen molar-refractivity contribution in [3.05, 3.63) is 48.0 Å². The van der Waals surface area contributed by atoms with Crippen molar-refractivity contribution in [2.24, 2.45) is 11.8 Å². The number of ketones is 1. The van der Waals surface area contributed by atoms with Gasteiger partial charge in [-0.05, 0) is 0 Å². The molecule has 5 rings (SSSR count). The number of methoxy groups -OCH3 is 1. The summed E-state index contributed by atoms with van der Waals surface area (Å²) in [5.41, 5.74) is -0.129. The highest BCUT2D eigenvalue weighted by molar-refractivity contribution is 5.88. The molecule has 2 aromatic heterocycles. The number of aliphatic carboxylic acids is 2. The number of nitriles is 1. The standard InChI is InChI=1S/C21H21F4N3O7.C18H27F2N3O8/c1-20(23,24)18(32)27-13-14(28-7-9-4-2-3-5-10(9)11(28)6-26)17(22)21(25,19(33)34)35-16(13)15(31)12(30)8-29;1-9(2)13(26)4-12-14(23-6-10(8-30-3)21-22-23)15(19)18(20,16(27)28)31-17(12,29)5-11(25)7-24/h2-5,7,12-17,29-31H,8H2,1H3,(H,27,32)(H,33,34);6,9,11-12,14-15,24-25,29H,4-5,7-8H2,1-3H3,(H,27,28)/t12-,13-,14-,15-,16-,17?,21?;11-,12+,14?,15-,17+,18+/m10/s1. The van der Waals surface area contributed by atoms with Gasteiger partial charge in [-0.15, -0.1) is 5.10 Å². The van der Waals surface area contributed by atoms with Gasteiger partial charge in [-0.2, -0.15) is 22.8 Å². The largest absolute Gasteiger partial charge is 0.477 e. The first kappa shape index (κ1) is 53.3. The molecular weight excluding hydrogens is 906 g/mol. The summed E-state index contributed by atoms with van der Waals surface area (Å²) in [4.78, 5) is 47.8. The molecule has 21 nitrogen and oxygen atoms in total. The number of hydrogen-bond donors (Lipinski definition) is 9. The third kappa shape index (κ3) is 10.6. The molecule has 0 aliphatic carbocycles. The lowest BCUT2D eigenvalue weighted by Crippen LogP contribution is -2.70. The number of carboxylic acids is 2. The number of fused-ring (bicyclic) bond motifs is 1. The second kappa shape index (κ2) is 20.7. The number of benzene rings is 1. The zero-order valence-electron chi connectivity index (χ0n) is 35.3. The van der Waals surface area contributed by atoms with E-state index in [1.54, 1.807) is 31.3 Å². The molecule has 3 unspecified atom stereocenters. The van der Waals surface area contributed by atoms with Gasteiger partial charge in [0, 0.05) is 55.7 Å². The maximum atomic E-state index is 15.7. The van der Waals surface area contributed by atoms with Gasteiger partial charge in [0.15, 0.2) is 18.1 Å². The molecule has 0 bridgehead atoms. The number of carbonyl (C=O) groups is 4. The number of alkyl halides is 6. The van der Waals surface area contributed by atoms with Crippen molar-refractivity contribution in [1.82, 2.24) is 24.9 Å². The molecule has 0 radical (unpaired) electrons. The number of nitrogens with one attached hydrogen (secondary N) is 1. The lowest BCUT2D eigenvalue weighted by molar-refractivity contribution is -0.378. The van der Waals surface area contributed by atoms with E-state index in [2.05, 4.69) is 15.0 Å². The Bertz CT molecular complexity index is 2260. The predicted octanol–water partition coefficient (Wildman–Crippen LogP) is 0.143. The summed E-state index contributed by atoms with van der Waals surface area (Å²) in [6.07, 6.45) is -13.8.